The van der Waals surface area contributed by atoms with E-state index in [-0.39, 0.29) is 17.5 Å². The maximum atomic E-state index is 12.0. The van der Waals surface area contributed by atoms with Crippen LogP contribution in [0.1, 0.15) is 25.3 Å². The Kier molecular flexibility index (Phi) is 6.72. The zero-order valence-electron chi connectivity index (χ0n) is 11.2. The Morgan fingerprint density at radius 1 is 1.16 bits per heavy atom. The van der Waals surface area contributed by atoms with Gasteiger partial charge in [0.25, 0.3) is 0 Å². The van der Waals surface area contributed by atoms with Crippen molar-refractivity contribution in [1.29, 1.82) is 0 Å². The van der Waals surface area contributed by atoms with Crippen LogP contribution in [0.15, 0.2) is 30.3 Å². The summed E-state index contributed by atoms with van der Waals surface area (Å²) >= 11 is 0.0269. The fraction of sp³-hybridized carbons (Fsp3) is 0.571. The van der Waals surface area contributed by atoms with E-state index in [2.05, 4.69) is 31.3 Å². The highest BCUT2D eigenvalue weighted by molar-refractivity contribution is 8.00. The zero-order valence-corrected chi connectivity index (χ0v) is 12.0. The summed E-state index contributed by atoms with van der Waals surface area (Å²) < 4.78 is 35.9. The summed E-state index contributed by atoms with van der Waals surface area (Å²) in [6, 6.07) is 10.1. The fourth-order valence-corrected chi connectivity index (χ4v) is 2.41. The third-order valence-electron chi connectivity index (χ3n) is 2.94. The first-order valence-electron chi connectivity index (χ1n) is 6.36. The molecule has 0 fully saturated rings. The number of halogens is 3. The summed E-state index contributed by atoms with van der Waals surface area (Å²) in [7, 11) is 0. The Morgan fingerprint density at radius 2 is 1.79 bits per heavy atom. The predicted molar refractivity (Wildman–Crippen MR) is 75.4 cm³/mol. The third-order valence-corrected chi connectivity index (χ3v) is 3.68. The molecule has 1 unspecified atom stereocenters. The molecule has 0 radical (unpaired) electrons. The number of alkyl halides is 3. The van der Waals surface area contributed by atoms with Crippen LogP contribution in [-0.4, -0.2) is 24.4 Å². The number of hydrogen-bond acceptors (Lipinski definition) is 2. The highest BCUT2D eigenvalue weighted by Gasteiger charge is 2.27. The van der Waals surface area contributed by atoms with Crippen LogP contribution in [0.3, 0.4) is 0 Å². The van der Waals surface area contributed by atoms with Crippen molar-refractivity contribution in [3.63, 3.8) is 0 Å². The van der Waals surface area contributed by atoms with Gasteiger partial charge in [0.05, 0.1) is 0 Å². The molecule has 0 saturated carbocycles. The highest BCUT2D eigenvalue weighted by Crippen LogP contribution is 2.29. The number of rotatable bonds is 7. The SMILES string of the molecule is CC(C)C(CNCCSC(F)(F)F)c1ccccc1. The molecule has 0 amide bonds. The molecule has 0 aliphatic carbocycles. The first-order chi connectivity index (χ1) is 8.90. The molecule has 1 aromatic rings. The van der Waals surface area contributed by atoms with E-state index < -0.39 is 5.51 Å². The normalized spacial score (nSPS) is 13.8. The summed E-state index contributed by atoms with van der Waals surface area (Å²) in [5.41, 5.74) is -2.90. The van der Waals surface area contributed by atoms with Crippen molar-refractivity contribution in [3.8, 4) is 0 Å². The predicted octanol–water partition coefficient (Wildman–Crippen LogP) is 4.27. The second kappa shape index (κ2) is 7.80. The summed E-state index contributed by atoms with van der Waals surface area (Å²) in [6.07, 6.45) is 0. The number of nitrogens with one attached hydrogen (secondary N) is 1. The minimum absolute atomic E-state index is 0.0269. The maximum Gasteiger partial charge on any atom is 0.441 e. The van der Waals surface area contributed by atoms with Crippen LogP contribution in [0.2, 0.25) is 0 Å². The molecule has 1 N–H and O–H groups in total. The molecule has 0 saturated heterocycles. The molecular formula is C14H20F3NS. The topological polar surface area (TPSA) is 12.0 Å². The standard InChI is InChI=1S/C14H20F3NS/c1-11(2)13(12-6-4-3-5-7-12)10-18-8-9-19-14(15,16)17/h3-7,11,13,18H,8-10H2,1-2H3. The van der Waals surface area contributed by atoms with Crippen molar-refractivity contribution in [1.82, 2.24) is 5.32 Å². The summed E-state index contributed by atoms with van der Waals surface area (Å²) in [6.45, 7) is 5.34. The minimum atomic E-state index is -4.13. The Morgan fingerprint density at radius 3 is 2.32 bits per heavy atom. The lowest BCUT2D eigenvalue weighted by Gasteiger charge is -2.22. The van der Waals surface area contributed by atoms with Gasteiger partial charge in [0.1, 0.15) is 0 Å². The van der Waals surface area contributed by atoms with Crippen LogP contribution in [0.25, 0.3) is 0 Å². The van der Waals surface area contributed by atoms with E-state index in [1.807, 2.05) is 18.2 Å². The summed E-state index contributed by atoms with van der Waals surface area (Å²) in [4.78, 5) is 0. The lowest BCUT2D eigenvalue weighted by atomic mass is 9.88. The average Bonchev–Trinajstić information content (AvgIpc) is 2.33. The van der Waals surface area contributed by atoms with Gasteiger partial charge in [-0.2, -0.15) is 13.2 Å². The van der Waals surface area contributed by atoms with Gasteiger partial charge in [0.15, 0.2) is 0 Å². The number of thioether (sulfide) groups is 1. The smallest absolute Gasteiger partial charge is 0.315 e. The van der Waals surface area contributed by atoms with E-state index in [0.717, 1.165) is 0 Å². The lowest BCUT2D eigenvalue weighted by molar-refractivity contribution is -0.0327. The maximum absolute atomic E-state index is 12.0. The molecular weight excluding hydrogens is 271 g/mol. The minimum Gasteiger partial charge on any atom is -0.315 e. The number of hydrogen-bond donors (Lipinski definition) is 1. The largest absolute Gasteiger partial charge is 0.441 e. The van der Waals surface area contributed by atoms with E-state index >= 15 is 0 Å². The van der Waals surface area contributed by atoms with Gasteiger partial charge in [-0.3, -0.25) is 0 Å². The quantitative estimate of drug-likeness (QED) is 0.753. The Labute approximate surface area is 117 Å². The molecule has 0 bridgehead atoms. The lowest BCUT2D eigenvalue weighted by Crippen LogP contribution is -2.27. The van der Waals surface area contributed by atoms with Crippen LogP contribution < -0.4 is 5.32 Å². The highest BCUT2D eigenvalue weighted by atomic mass is 32.2. The molecule has 1 rings (SSSR count). The molecule has 1 aromatic carbocycles. The van der Waals surface area contributed by atoms with Crippen molar-refractivity contribution in [2.75, 3.05) is 18.8 Å². The molecule has 0 aliphatic heterocycles. The Hall–Kier alpha value is -0.680. The van der Waals surface area contributed by atoms with Crippen LogP contribution >= 0.6 is 11.8 Å². The van der Waals surface area contributed by atoms with Gasteiger partial charge < -0.3 is 5.32 Å². The monoisotopic (exact) mass is 291 g/mol. The Bertz CT molecular complexity index is 351. The molecule has 0 aliphatic rings. The molecule has 0 aromatic heterocycles. The first kappa shape index (κ1) is 16.4. The van der Waals surface area contributed by atoms with E-state index in [1.165, 1.54) is 5.56 Å². The fourth-order valence-electron chi connectivity index (χ4n) is 1.94. The first-order valence-corrected chi connectivity index (χ1v) is 7.35. The molecule has 19 heavy (non-hydrogen) atoms. The zero-order chi connectivity index (χ0) is 14.3. The van der Waals surface area contributed by atoms with E-state index in [0.29, 0.717) is 24.9 Å². The van der Waals surface area contributed by atoms with Gasteiger partial charge in [0.2, 0.25) is 0 Å². The van der Waals surface area contributed by atoms with Crippen LogP contribution in [0, 0.1) is 5.92 Å². The van der Waals surface area contributed by atoms with Crippen molar-refractivity contribution >= 4 is 11.8 Å². The molecule has 5 heteroatoms. The third kappa shape index (κ3) is 6.87. The summed E-state index contributed by atoms with van der Waals surface area (Å²) in [5.74, 6) is 0.839. The van der Waals surface area contributed by atoms with Crippen LogP contribution in [0.4, 0.5) is 13.2 Å². The van der Waals surface area contributed by atoms with Gasteiger partial charge >= 0.3 is 5.51 Å². The van der Waals surface area contributed by atoms with Crippen molar-refractivity contribution in [3.05, 3.63) is 35.9 Å². The second-order valence-electron chi connectivity index (χ2n) is 4.76. The molecule has 1 atom stereocenters. The van der Waals surface area contributed by atoms with Crippen molar-refractivity contribution in [2.45, 2.75) is 25.3 Å². The van der Waals surface area contributed by atoms with Gasteiger partial charge in [-0.05, 0) is 29.2 Å². The Balaban J connectivity index is 2.36. The van der Waals surface area contributed by atoms with E-state index in [9.17, 15) is 13.2 Å². The average molecular weight is 291 g/mol. The molecule has 1 nitrogen and oxygen atoms in total. The van der Waals surface area contributed by atoms with Crippen molar-refractivity contribution in [2.24, 2.45) is 5.92 Å². The molecule has 0 spiro atoms. The van der Waals surface area contributed by atoms with Gasteiger partial charge in [-0.1, -0.05) is 44.2 Å². The molecule has 0 heterocycles. The van der Waals surface area contributed by atoms with Gasteiger partial charge in [-0.25, -0.2) is 0 Å². The number of benzene rings is 1. The van der Waals surface area contributed by atoms with Crippen molar-refractivity contribution < 1.29 is 13.2 Å². The second-order valence-corrected chi connectivity index (χ2v) is 5.92. The van der Waals surface area contributed by atoms with E-state index in [1.54, 1.807) is 0 Å². The molecule has 108 valence electrons. The van der Waals surface area contributed by atoms with Crippen LogP contribution in [-0.2, 0) is 0 Å². The van der Waals surface area contributed by atoms with Gasteiger partial charge in [-0.15, -0.1) is 0 Å². The summed E-state index contributed by atoms with van der Waals surface area (Å²) in [5, 5.41) is 3.12. The van der Waals surface area contributed by atoms with E-state index in [4.69, 9.17) is 0 Å². The van der Waals surface area contributed by atoms with Crippen LogP contribution in [0.5, 0.6) is 0 Å². The van der Waals surface area contributed by atoms with Gasteiger partial charge in [0, 0.05) is 18.8 Å².